The second kappa shape index (κ2) is 9.02. The van der Waals surface area contributed by atoms with Crippen molar-refractivity contribution in [3.63, 3.8) is 0 Å². The van der Waals surface area contributed by atoms with Crippen LogP contribution in [-0.4, -0.2) is 26.3 Å². The quantitative estimate of drug-likeness (QED) is 0.363. The van der Waals surface area contributed by atoms with Crippen LogP contribution in [0, 0.1) is 0 Å². The van der Waals surface area contributed by atoms with Gasteiger partial charge in [-0.15, -0.1) is 10.2 Å². The fraction of sp³-hybridized carbons (Fsp3) is 0.308. The summed E-state index contributed by atoms with van der Waals surface area (Å²) in [4.78, 5) is 8.58. The standard InChI is InChI=1S/C26H26N4O3/c1-26(2,19-8-12-23(13-9-19)33-22-4-3-5-22)18-6-10-21(11-7-18)31-16-20-14-15-27-24(29-20)25-30-28-17-32-25/h6-15,17,22H,3-5,16H2,1-2H3. The highest BCUT2D eigenvalue weighted by atomic mass is 16.5. The van der Waals surface area contributed by atoms with Gasteiger partial charge in [0.2, 0.25) is 12.2 Å². The van der Waals surface area contributed by atoms with Gasteiger partial charge in [-0.1, -0.05) is 38.1 Å². The molecule has 0 saturated heterocycles. The summed E-state index contributed by atoms with van der Waals surface area (Å²) < 4.78 is 17.1. The highest BCUT2D eigenvalue weighted by molar-refractivity contribution is 5.42. The zero-order valence-electron chi connectivity index (χ0n) is 18.8. The van der Waals surface area contributed by atoms with Crippen LogP contribution in [0.2, 0.25) is 0 Å². The van der Waals surface area contributed by atoms with E-state index in [1.54, 1.807) is 12.3 Å². The van der Waals surface area contributed by atoms with Crippen LogP contribution >= 0.6 is 0 Å². The normalized spacial score (nSPS) is 14.0. The molecule has 0 amide bonds. The molecule has 0 unspecified atom stereocenters. The van der Waals surface area contributed by atoms with Gasteiger partial charge in [-0.2, -0.15) is 0 Å². The van der Waals surface area contributed by atoms with Gasteiger partial charge in [-0.05, 0) is 60.7 Å². The van der Waals surface area contributed by atoms with Crippen molar-refractivity contribution in [2.45, 2.75) is 51.2 Å². The fourth-order valence-corrected chi connectivity index (χ4v) is 3.77. The number of ether oxygens (including phenoxy) is 2. The minimum Gasteiger partial charge on any atom is -0.490 e. The van der Waals surface area contributed by atoms with Crippen LogP contribution in [0.15, 0.2) is 71.6 Å². The van der Waals surface area contributed by atoms with Gasteiger partial charge in [0.25, 0.3) is 5.89 Å². The Morgan fingerprint density at radius 2 is 1.64 bits per heavy atom. The SMILES string of the molecule is CC(C)(c1ccc(OCc2ccnc(-c3nnco3)n2)cc1)c1ccc(OC2CCC2)cc1. The van der Waals surface area contributed by atoms with Gasteiger partial charge >= 0.3 is 0 Å². The van der Waals surface area contributed by atoms with E-state index in [0.29, 0.717) is 18.5 Å². The zero-order valence-corrected chi connectivity index (χ0v) is 18.8. The predicted octanol–water partition coefficient (Wildman–Crippen LogP) is 5.36. The summed E-state index contributed by atoms with van der Waals surface area (Å²) in [7, 11) is 0. The Labute approximate surface area is 192 Å². The third-order valence-electron chi connectivity index (χ3n) is 6.16. The van der Waals surface area contributed by atoms with Crippen molar-refractivity contribution in [3.8, 4) is 23.2 Å². The van der Waals surface area contributed by atoms with Crippen LogP contribution in [0.5, 0.6) is 11.5 Å². The number of nitrogens with zero attached hydrogens (tertiary/aromatic N) is 4. The van der Waals surface area contributed by atoms with Gasteiger partial charge in [0, 0.05) is 11.6 Å². The Morgan fingerprint density at radius 1 is 0.939 bits per heavy atom. The highest BCUT2D eigenvalue weighted by Crippen LogP contribution is 2.34. The van der Waals surface area contributed by atoms with Crippen molar-refractivity contribution in [1.29, 1.82) is 0 Å². The molecule has 0 spiro atoms. The maximum absolute atomic E-state index is 5.99. The second-order valence-electron chi connectivity index (χ2n) is 8.75. The van der Waals surface area contributed by atoms with E-state index >= 15 is 0 Å². The molecule has 5 rings (SSSR count). The smallest absolute Gasteiger partial charge is 0.285 e. The first kappa shape index (κ1) is 21.1. The molecular weight excluding hydrogens is 416 g/mol. The van der Waals surface area contributed by atoms with Crippen molar-refractivity contribution in [2.24, 2.45) is 0 Å². The summed E-state index contributed by atoms with van der Waals surface area (Å²) in [6, 6.07) is 18.5. The molecule has 1 aliphatic rings. The van der Waals surface area contributed by atoms with Crippen molar-refractivity contribution in [2.75, 3.05) is 0 Å². The van der Waals surface area contributed by atoms with Crippen LogP contribution < -0.4 is 9.47 Å². The maximum Gasteiger partial charge on any atom is 0.285 e. The lowest BCUT2D eigenvalue weighted by molar-refractivity contribution is 0.120. The largest absolute Gasteiger partial charge is 0.490 e. The Kier molecular flexibility index (Phi) is 5.77. The molecule has 0 radical (unpaired) electrons. The first-order valence-electron chi connectivity index (χ1n) is 11.2. The third-order valence-corrected chi connectivity index (χ3v) is 6.16. The number of hydrogen-bond acceptors (Lipinski definition) is 7. The van der Waals surface area contributed by atoms with Crippen molar-refractivity contribution in [3.05, 3.63) is 84.0 Å². The van der Waals surface area contributed by atoms with E-state index in [1.807, 2.05) is 12.1 Å². The average molecular weight is 443 g/mol. The van der Waals surface area contributed by atoms with Crippen molar-refractivity contribution in [1.82, 2.24) is 20.2 Å². The molecule has 2 aromatic carbocycles. The van der Waals surface area contributed by atoms with E-state index in [-0.39, 0.29) is 11.3 Å². The Bertz CT molecular complexity index is 1190. The topological polar surface area (TPSA) is 83.2 Å². The molecule has 0 bridgehead atoms. The van der Waals surface area contributed by atoms with Gasteiger partial charge in [0.15, 0.2) is 0 Å². The van der Waals surface area contributed by atoms with Crippen LogP contribution in [0.3, 0.4) is 0 Å². The maximum atomic E-state index is 5.99. The summed E-state index contributed by atoms with van der Waals surface area (Å²) in [5, 5.41) is 7.50. The van der Waals surface area contributed by atoms with Gasteiger partial charge in [-0.25, -0.2) is 9.97 Å². The van der Waals surface area contributed by atoms with E-state index in [0.717, 1.165) is 17.2 Å². The molecule has 0 atom stereocenters. The number of aromatic nitrogens is 4. The molecule has 33 heavy (non-hydrogen) atoms. The molecule has 0 N–H and O–H groups in total. The first-order valence-corrected chi connectivity index (χ1v) is 11.2. The lowest BCUT2D eigenvalue weighted by atomic mass is 9.78. The highest BCUT2D eigenvalue weighted by Gasteiger charge is 2.24. The fourth-order valence-electron chi connectivity index (χ4n) is 3.77. The lowest BCUT2D eigenvalue weighted by Gasteiger charge is -2.28. The van der Waals surface area contributed by atoms with E-state index in [4.69, 9.17) is 13.9 Å². The van der Waals surface area contributed by atoms with Gasteiger partial charge < -0.3 is 13.9 Å². The van der Waals surface area contributed by atoms with Crippen LogP contribution in [0.4, 0.5) is 0 Å². The lowest BCUT2D eigenvalue weighted by Crippen LogP contribution is -2.24. The molecule has 4 aromatic rings. The summed E-state index contributed by atoms with van der Waals surface area (Å²) in [5.74, 6) is 2.40. The van der Waals surface area contributed by atoms with E-state index in [9.17, 15) is 0 Å². The average Bonchev–Trinajstić information content (AvgIpc) is 3.36. The van der Waals surface area contributed by atoms with Crippen LogP contribution in [0.25, 0.3) is 11.7 Å². The molecule has 1 fully saturated rings. The predicted molar refractivity (Wildman–Crippen MR) is 123 cm³/mol. The number of rotatable bonds is 8. The Hall–Kier alpha value is -3.74. The molecule has 0 aliphatic heterocycles. The summed E-state index contributed by atoms with van der Waals surface area (Å²) in [6.07, 6.45) is 6.90. The van der Waals surface area contributed by atoms with Crippen molar-refractivity contribution < 1.29 is 13.9 Å². The second-order valence-corrected chi connectivity index (χ2v) is 8.75. The van der Waals surface area contributed by atoms with Crippen LogP contribution in [-0.2, 0) is 12.0 Å². The van der Waals surface area contributed by atoms with E-state index in [1.165, 1.54) is 36.8 Å². The molecule has 168 valence electrons. The molecule has 2 aromatic heterocycles. The third kappa shape index (κ3) is 4.72. The summed E-state index contributed by atoms with van der Waals surface area (Å²) >= 11 is 0. The zero-order chi connectivity index (χ0) is 22.7. The first-order chi connectivity index (χ1) is 16.1. The monoisotopic (exact) mass is 442 g/mol. The number of hydrogen-bond donors (Lipinski definition) is 0. The number of benzene rings is 2. The summed E-state index contributed by atoms with van der Waals surface area (Å²) in [5.41, 5.74) is 3.04. The van der Waals surface area contributed by atoms with E-state index in [2.05, 4.69) is 70.4 Å². The minimum absolute atomic E-state index is 0.140. The molecule has 7 nitrogen and oxygen atoms in total. The van der Waals surface area contributed by atoms with Crippen molar-refractivity contribution >= 4 is 0 Å². The van der Waals surface area contributed by atoms with Gasteiger partial charge in [-0.3, -0.25) is 0 Å². The molecule has 1 saturated carbocycles. The summed E-state index contributed by atoms with van der Waals surface area (Å²) in [6.45, 7) is 4.77. The Morgan fingerprint density at radius 3 is 2.24 bits per heavy atom. The van der Waals surface area contributed by atoms with Gasteiger partial charge in [0.05, 0.1) is 11.8 Å². The van der Waals surface area contributed by atoms with E-state index < -0.39 is 0 Å². The molecule has 1 aliphatic carbocycles. The molecule has 7 heteroatoms. The molecule has 2 heterocycles. The minimum atomic E-state index is -0.140. The molecular formula is C26H26N4O3. The Balaban J connectivity index is 1.23. The van der Waals surface area contributed by atoms with Crippen LogP contribution in [0.1, 0.15) is 49.9 Å². The van der Waals surface area contributed by atoms with Gasteiger partial charge in [0.1, 0.15) is 18.1 Å².